The summed E-state index contributed by atoms with van der Waals surface area (Å²) in [6.07, 6.45) is 1.86. The number of hydrogen-bond acceptors (Lipinski definition) is 5. The van der Waals surface area contributed by atoms with E-state index < -0.39 is 6.09 Å². The molecule has 1 amide bonds. The van der Waals surface area contributed by atoms with E-state index in [0.717, 1.165) is 50.9 Å². The van der Waals surface area contributed by atoms with Crippen LogP contribution in [-0.4, -0.2) is 69.5 Å². The molecule has 1 aromatic rings. The molecule has 0 radical (unpaired) electrons. The van der Waals surface area contributed by atoms with Gasteiger partial charge in [0.1, 0.15) is 0 Å². The predicted octanol–water partition coefficient (Wildman–Crippen LogP) is 3.68. The van der Waals surface area contributed by atoms with Crippen LogP contribution in [0.1, 0.15) is 39.2 Å². The Morgan fingerprint density at radius 1 is 1.12 bits per heavy atom. The zero-order valence-electron chi connectivity index (χ0n) is 19.9. The topological polar surface area (TPSA) is 87.2 Å². The number of amides is 1. The molecule has 1 aromatic carbocycles. The molecule has 2 rings (SSSR count). The second kappa shape index (κ2) is 16.1. The summed E-state index contributed by atoms with van der Waals surface area (Å²) in [7, 11) is 1.35. The van der Waals surface area contributed by atoms with E-state index in [1.165, 1.54) is 20.0 Å². The zero-order valence-corrected chi connectivity index (χ0v) is 22.2. The van der Waals surface area contributed by atoms with Gasteiger partial charge in [-0.25, -0.2) is 9.79 Å². The van der Waals surface area contributed by atoms with Crippen LogP contribution in [0, 0.1) is 5.92 Å². The van der Waals surface area contributed by atoms with Crippen molar-refractivity contribution >= 4 is 41.7 Å². The summed E-state index contributed by atoms with van der Waals surface area (Å²) >= 11 is 0. The van der Waals surface area contributed by atoms with Crippen LogP contribution in [0.25, 0.3) is 0 Å². The molecule has 1 unspecified atom stereocenters. The summed E-state index contributed by atoms with van der Waals surface area (Å²) in [5, 5.41) is 9.57. The number of nitrogens with one attached hydrogen (secondary N) is 3. The number of nitrogens with zero attached hydrogens (tertiary/aromatic N) is 2. The molecule has 0 bridgehead atoms. The van der Waals surface area contributed by atoms with E-state index in [2.05, 4.69) is 46.4 Å². The maximum atomic E-state index is 11.3. The molecule has 1 aliphatic rings. The Balaban J connectivity index is 0.00000512. The Hall–Kier alpha value is -1.59. The van der Waals surface area contributed by atoms with E-state index in [4.69, 9.17) is 9.73 Å². The van der Waals surface area contributed by atoms with E-state index in [1.54, 1.807) is 0 Å². The van der Waals surface area contributed by atoms with Crippen molar-refractivity contribution in [1.29, 1.82) is 0 Å². The van der Waals surface area contributed by atoms with Gasteiger partial charge in [0, 0.05) is 37.9 Å². The minimum absolute atomic E-state index is 0. The Labute approximate surface area is 209 Å². The molecule has 8 nitrogen and oxygen atoms in total. The summed E-state index contributed by atoms with van der Waals surface area (Å²) in [5.41, 5.74) is 1.76. The average molecular weight is 562 g/mol. The van der Waals surface area contributed by atoms with Crippen LogP contribution in [0.4, 0.5) is 10.5 Å². The van der Waals surface area contributed by atoms with Gasteiger partial charge in [0.05, 0.1) is 26.9 Å². The molecule has 182 valence electrons. The summed E-state index contributed by atoms with van der Waals surface area (Å²) in [6, 6.07) is 8.08. The van der Waals surface area contributed by atoms with Gasteiger partial charge >= 0.3 is 6.09 Å². The molecule has 32 heavy (non-hydrogen) atoms. The number of hydrogen-bond donors (Lipinski definition) is 3. The van der Waals surface area contributed by atoms with Crippen LogP contribution in [0.3, 0.4) is 0 Å². The molecule has 0 saturated carbocycles. The molecule has 0 aromatic heterocycles. The fraction of sp³-hybridized carbons (Fsp3) is 0.652. The van der Waals surface area contributed by atoms with Crippen LogP contribution in [0.15, 0.2) is 29.3 Å². The number of rotatable bonds is 10. The number of anilines is 1. The van der Waals surface area contributed by atoms with Crippen molar-refractivity contribution in [2.45, 2.75) is 46.2 Å². The van der Waals surface area contributed by atoms with Crippen molar-refractivity contribution < 1.29 is 14.3 Å². The molecule has 1 aliphatic heterocycles. The zero-order chi connectivity index (χ0) is 22.5. The molecule has 9 heteroatoms. The van der Waals surface area contributed by atoms with Crippen molar-refractivity contribution in [3.05, 3.63) is 29.8 Å². The molecule has 3 N–H and O–H groups in total. The van der Waals surface area contributed by atoms with Crippen molar-refractivity contribution in [3.63, 3.8) is 0 Å². The number of guanidine groups is 1. The quantitative estimate of drug-likeness (QED) is 0.230. The SMILES string of the molecule is CCNC(=NCc1ccc(NC(=O)OC)cc1)NCC(C(CC)CC)N1CCOCC1.I. The number of aliphatic imine (C=N–C) groups is 1. The van der Waals surface area contributed by atoms with Gasteiger partial charge in [0.25, 0.3) is 0 Å². The van der Waals surface area contributed by atoms with Crippen molar-refractivity contribution in [1.82, 2.24) is 15.5 Å². The summed E-state index contributed by atoms with van der Waals surface area (Å²) in [4.78, 5) is 18.6. The van der Waals surface area contributed by atoms with Gasteiger partial charge in [0.2, 0.25) is 0 Å². The lowest BCUT2D eigenvalue weighted by Gasteiger charge is -2.39. The monoisotopic (exact) mass is 561 g/mol. The van der Waals surface area contributed by atoms with Gasteiger partial charge in [-0.1, -0.05) is 38.8 Å². The second-order valence-corrected chi connectivity index (χ2v) is 7.68. The maximum Gasteiger partial charge on any atom is 0.411 e. The Bertz CT molecular complexity index is 677. The lowest BCUT2D eigenvalue weighted by atomic mass is 9.92. The fourth-order valence-corrected chi connectivity index (χ4v) is 3.91. The van der Waals surface area contributed by atoms with Crippen LogP contribution < -0.4 is 16.0 Å². The van der Waals surface area contributed by atoms with Gasteiger partial charge in [-0.05, 0) is 30.5 Å². The maximum absolute atomic E-state index is 11.3. The van der Waals surface area contributed by atoms with E-state index in [9.17, 15) is 4.79 Å². The molecular formula is C23H40IN5O3. The first-order valence-electron chi connectivity index (χ1n) is 11.4. The average Bonchev–Trinajstić information content (AvgIpc) is 2.81. The third-order valence-electron chi connectivity index (χ3n) is 5.74. The summed E-state index contributed by atoms with van der Waals surface area (Å²) in [5.74, 6) is 1.46. The number of benzene rings is 1. The van der Waals surface area contributed by atoms with Crippen LogP contribution in [0.2, 0.25) is 0 Å². The van der Waals surface area contributed by atoms with E-state index in [1.807, 2.05) is 24.3 Å². The smallest absolute Gasteiger partial charge is 0.411 e. The third kappa shape index (κ3) is 9.50. The normalized spacial score (nSPS) is 15.6. The first-order chi connectivity index (χ1) is 15.1. The highest BCUT2D eigenvalue weighted by Crippen LogP contribution is 2.19. The number of carbonyl (C=O) groups is 1. The lowest BCUT2D eigenvalue weighted by molar-refractivity contribution is 0.00272. The van der Waals surface area contributed by atoms with Crippen molar-refractivity contribution in [2.75, 3.05) is 51.8 Å². The molecule has 1 fully saturated rings. The van der Waals surface area contributed by atoms with E-state index in [-0.39, 0.29) is 24.0 Å². The van der Waals surface area contributed by atoms with Gasteiger partial charge in [-0.2, -0.15) is 0 Å². The minimum Gasteiger partial charge on any atom is -0.453 e. The number of morpholine rings is 1. The number of carbonyl (C=O) groups excluding carboxylic acids is 1. The first kappa shape index (κ1) is 28.4. The van der Waals surface area contributed by atoms with Crippen LogP contribution in [0.5, 0.6) is 0 Å². The van der Waals surface area contributed by atoms with E-state index in [0.29, 0.717) is 24.2 Å². The van der Waals surface area contributed by atoms with Gasteiger partial charge in [-0.15, -0.1) is 24.0 Å². The van der Waals surface area contributed by atoms with Crippen molar-refractivity contribution in [2.24, 2.45) is 10.9 Å². The molecule has 1 saturated heterocycles. The molecule has 0 aliphatic carbocycles. The highest BCUT2D eigenvalue weighted by atomic mass is 127. The number of ether oxygens (including phenoxy) is 2. The fourth-order valence-electron chi connectivity index (χ4n) is 3.91. The van der Waals surface area contributed by atoms with E-state index >= 15 is 0 Å². The molecule has 0 spiro atoms. The molecule has 1 heterocycles. The van der Waals surface area contributed by atoms with Crippen molar-refractivity contribution in [3.8, 4) is 0 Å². The summed E-state index contributed by atoms with van der Waals surface area (Å²) in [6.45, 7) is 12.5. The predicted molar refractivity (Wildman–Crippen MR) is 141 cm³/mol. The lowest BCUT2D eigenvalue weighted by Crippen LogP contribution is -2.53. The first-order valence-corrected chi connectivity index (χ1v) is 11.4. The highest BCUT2D eigenvalue weighted by molar-refractivity contribution is 14.0. The number of halogens is 1. The van der Waals surface area contributed by atoms with Gasteiger partial charge in [-0.3, -0.25) is 10.2 Å². The summed E-state index contributed by atoms with van der Waals surface area (Å²) < 4.78 is 10.2. The Morgan fingerprint density at radius 3 is 2.34 bits per heavy atom. The Kier molecular flexibility index (Phi) is 14.3. The van der Waals surface area contributed by atoms with Gasteiger partial charge < -0.3 is 20.1 Å². The minimum atomic E-state index is -0.475. The van der Waals surface area contributed by atoms with Crippen LogP contribution in [-0.2, 0) is 16.0 Å². The molecule has 1 atom stereocenters. The standard InChI is InChI=1S/C23H39N5O3.HI/c1-5-19(6-2)21(28-12-14-31-15-13-28)17-26-22(24-7-3)25-16-18-8-10-20(11-9-18)27-23(29)30-4;/h8-11,19,21H,5-7,12-17H2,1-4H3,(H,27,29)(H2,24,25,26);1H. The van der Waals surface area contributed by atoms with Gasteiger partial charge in [0.15, 0.2) is 5.96 Å². The number of methoxy groups -OCH3 is 1. The third-order valence-corrected chi connectivity index (χ3v) is 5.74. The largest absolute Gasteiger partial charge is 0.453 e. The second-order valence-electron chi connectivity index (χ2n) is 7.68. The molecular weight excluding hydrogens is 521 g/mol. The highest BCUT2D eigenvalue weighted by Gasteiger charge is 2.27. The Morgan fingerprint density at radius 2 is 1.78 bits per heavy atom. The van der Waals surface area contributed by atoms with Crippen LogP contribution >= 0.6 is 24.0 Å².